The van der Waals surface area contributed by atoms with E-state index >= 15 is 0 Å². The molecule has 1 N–H and O–H groups in total. The molecule has 6 heteroatoms. The first kappa shape index (κ1) is 20.2. The minimum absolute atomic E-state index is 0.0842. The van der Waals surface area contributed by atoms with Gasteiger partial charge in [-0.25, -0.2) is 9.97 Å². The molecule has 0 unspecified atom stereocenters. The van der Waals surface area contributed by atoms with Crippen molar-refractivity contribution in [2.75, 3.05) is 26.4 Å². The standard InChI is InChI=1S/C24H26N2O4/c27-10-7-13-30-23-16-21-20-15-22(23)29-12-5-3-1-2-4-11-28-19-9-6-8-18(14-19)24(20)26-17-25-21/h1-2,6,8-9,14-17,27H,3-5,7,10-13H2/b2-1+. The molecule has 0 saturated carbocycles. The van der Waals surface area contributed by atoms with Crippen LogP contribution in [0.15, 0.2) is 54.9 Å². The second kappa shape index (κ2) is 10.1. The zero-order valence-corrected chi connectivity index (χ0v) is 16.9. The predicted octanol–water partition coefficient (Wildman–Crippen LogP) is 4.56. The molecular weight excluding hydrogens is 380 g/mol. The van der Waals surface area contributed by atoms with Gasteiger partial charge in [0.05, 0.1) is 31.0 Å². The van der Waals surface area contributed by atoms with Gasteiger partial charge in [-0.05, 0) is 37.5 Å². The van der Waals surface area contributed by atoms with Crippen LogP contribution in [0, 0.1) is 0 Å². The van der Waals surface area contributed by atoms with Crippen molar-refractivity contribution in [2.45, 2.75) is 25.7 Å². The first-order valence-electron chi connectivity index (χ1n) is 10.4. The molecule has 6 nitrogen and oxygen atoms in total. The molecule has 1 aliphatic heterocycles. The maximum atomic E-state index is 9.07. The number of nitrogens with zero attached hydrogens (tertiary/aromatic N) is 2. The van der Waals surface area contributed by atoms with Gasteiger partial charge in [0.1, 0.15) is 12.1 Å². The monoisotopic (exact) mass is 406 g/mol. The molecule has 1 aromatic heterocycles. The van der Waals surface area contributed by atoms with E-state index in [0.29, 0.717) is 37.7 Å². The fourth-order valence-electron chi connectivity index (χ4n) is 3.36. The molecule has 30 heavy (non-hydrogen) atoms. The number of aliphatic hydroxyl groups excluding tert-OH is 1. The van der Waals surface area contributed by atoms with E-state index in [-0.39, 0.29) is 6.61 Å². The van der Waals surface area contributed by atoms with Crippen LogP contribution in [0.4, 0.5) is 0 Å². The molecule has 1 aliphatic rings. The Bertz CT molecular complexity index is 1020. The molecule has 0 atom stereocenters. The number of ether oxygens (including phenoxy) is 3. The number of hydrogen-bond acceptors (Lipinski definition) is 6. The lowest BCUT2D eigenvalue weighted by Gasteiger charge is -2.15. The summed E-state index contributed by atoms with van der Waals surface area (Å²) in [6.07, 6.45) is 9.15. The van der Waals surface area contributed by atoms with Gasteiger partial charge in [0.25, 0.3) is 0 Å². The molecule has 0 fully saturated rings. The van der Waals surface area contributed by atoms with Crippen LogP contribution >= 0.6 is 0 Å². The normalized spacial score (nSPS) is 15.4. The number of aliphatic hydroxyl groups is 1. The van der Waals surface area contributed by atoms with Gasteiger partial charge < -0.3 is 19.3 Å². The van der Waals surface area contributed by atoms with Crippen LogP contribution < -0.4 is 14.2 Å². The van der Waals surface area contributed by atoms with Crippen molar-refractivity contribution in [1.82, 2.24) is 9.97 Å². The van der Waals surface area contributed by atoms with Gasteiger partial charge in [0, 0.05) is 30.0 Å². The molecule has 0 saturated heterocycles. The highest BCUT2D eigenvalue weighted by Crippen LogP contribution is 2.36. The van der Waals surface area contributed by atoms with E-state index in [4.69, 9.17) is 19.3 Å². The van der Waals surface area contributed by atoms with E-state index in [9.17, 15) is 0 Å². The highest BCUT2D eigenvalue weighted by molar-refractivity contribution is 5.94. The molecule has 0 radical (unpaired) electrons. The van der Waals surface area contributed by atoms with Crippen LogP contribution in [0.2, 0.25) is 0 Å². The molecule has 0 amide bonds. The fourth-order valence-corrected chi connectivity index (χ4v) is 3.36. The van der Waals surface area contributed by atoms with Gasteiger partial charge in [0.15, 0.2) is 11.5 Å². The number of hydrogen-bond donors (Lipinski definition) is 1. The summed E-state index contributed by atoms with van der Waals surface area (Å²) in [7, 11) is 0. The Balaban J connectivity index is 1.78. The molecule has 3 aromatic rings. The molecule has 0 spiro atoms. The van der Waals surface area contributed by atoms with E-state index in [0.717, 1.165) is 47.2 Å². The summed E-state index contributed by atoms with van der Waals surface area (Å²) in [5.41, 5.74) is 2.56. The third kappa shape index (κ3) is 4.89. The summed E-state index contributed by atoms with van der Waals surface area (Å²) < 4.78 is 17.9. The van der Waals surface area contributed by atoms with E-state index in [1.54, 1.807) is 6.33 Å². The lowest BCUT2D eigenvalue weighted by atomic mass is 10.1. The van der Waals surface area contributed by atoms with Gasteiger partial charge in [-0.3, -0.25) is 0 Å². The minimum Gasteiger partial charge on any atom is -0.493 e. The largest absolute Gasteiger partial charge is 0.493 e. The maximum Gasteiger partial charge on any atom is 0.163 e. The van der Waals surface area contributed by atoms with Gasteiger partial charge in [0.2, 0.25) is 0 Å². The molecule has 156 valence electrons. The second-order valence-electron chi connectivity index (χ2n) is 7.09. The van der Waals surface area contributed by atoms with Crippen molar-refractivity contribution < 1.29 is 19.3 Å². The highest BCUT2D eigenvalue weighted by atomic mass is 16.5. The quantitative estimate of drug-likeness (QED) is 0.506. The van der Waals surface area contributed by atoms with Gasteiger partial charge in [-0.1, -0.05) is 24.3 Å². The first-order chi connectivity index (χ1) is 14.8. The van der Waals surface area contributed by atoms with Crippen LogP contribution in [0.25, 0.3) is 22.2 Å². The molecule has 4 bridgehead atoms. The van der Waals surface area contributed by atoms with E-state index < -0.39 is 0 Å². The zero-order valence-electron chi connectivity index (χ0n) is 16.9. The van der Waals surface area contributed by atoms with Crippen molar-refractivity contribution in [1.29, 1.82) is 0 Å². The van der Waals surface area contributed by atoms with Crippen molar-refractivity contribution in [3.63, 3.8) is 0 Å². The third-order valence-corrected chi connectivity index (χ3v) is 4.86. The van der Waals surface area contributed by atoms with Crippen LogP contribution in [0.5, 0.6) is 17.2 Å². The van der Waals surface area contributed by atoms with Gasteiger partial charge in [-0.15, -0.1) is 0 Å². The Morgan fingerprint density at radius 2 is 1.93 bits per heavy atom. The van der Waals surface area contributed by atoms with Crippen LogP contribution in [0.1, 0.15) is 25.7 Å². The molecule has 4 rings (SSSR count). The lowest BCUT2D eigenvalue weighted by molar-refractivity contribution is 0.223. The zero-order chi connectivity index (χ0) is 20.6. The molecule has 2 aromatic carbocycles. The average molecular weight is 406 g/mol. The maximum absolute atomic E-state index is 9.07. The lowest BCUT2D eigenvalue weighted by Crippen LogP contribution is -2.04. The first-order valence-corrected chi connectivity index (χ1v) is 10.4. The van der Waals surface area contributed by atoms with Crippen molar-refractivity contribution >= 4 is 10.9 Å². The van der Waals surface area contributed by atoms with Crippen molar-refractivity contribution in [3.05, 3.63) is 54.9 Å². The van der Waals surface area contributed by atoms with Crippen molar-refractivity contribution in [3.8, 4) is 28.5 Å². The molecule has 0 aliphatic carbocycles. The molecule has 2 heterocycles. The number of aromatic nitrogens is 2. The summed E-state index contributed by atoms with van der Waals surface area (Å²) >= 11 is 0. The van der Waals surface area contributed by atoms with Gasteiger partial charge >= 0.3 is 0 Å². The minimum atomic E-state index is 0.0842. The Kier molecular flexibility index (Phi) is 6.77. The Labute approximate surface area is 176 Å². The Hall–Kier alpha value is -3.12. The summed E-state index contributed by atoms with van der Waals surface area (Å²) in [5, 5.41) is 9.97. The van der Waals surface area contributed by atoms with Crippen LogP contribution in [-0.4, -0.2) is 41.5 Å². The Morgan fingerprint density at radius 1 is 1.00 bits per heavy atom. The molecular formula is C24H26N2O4. The van der Waals surface area contributed by atoms with E-state index in [1.165, 1.54) is 0 Å². The smallest absolute Gasteiger partial charge is 0.163 e. The summed E-state index contributed by atoms with van der Waals surface area (Å²) in [5.74, 6) is 2.12. The third-order valence-electron chi connectivity index (χ3n) is 4.86. The summed E-state index contributed by atoms with van der Waals surface area (Å²) in [6, 6.07) is 11.8. The SMILES string of the molecule is OCCCOc1cc2ncnc3c2cc1OCCC/C=C/CCOc1cccc-3c1. The number of allylic oxidation sites excluding steroid dienone is 1. The summed E-state index contributed by atoms with van der Waals surface area (Å²) in [6.45, 7) is 1.72. The van der Waals surface area contributed by atoms with Crippen molar-refractivity contribution in [2.24, 2.45) is 0 Å². The highest BCUT2D eigenvalue weighted by Gasteiger charge is 2.14. The fraction of sp³-hybridized carbons (Fsp3) is 0.333. The van der Waals surface area contributed by atoms with Crippen LogP contribution in [-0.2, 0) is 0 Å². The number of benzene rings is 2. The summed E-state index contributed by atoms with van der Waals surface area (Å²) in [4.78, 5) is 8.98. The van der Waals surface area contributed by atoms with E-state index in [1.807, 2.05) is 36.4 Å². The topological polar surface area (TPSA) is 73.7 Å². The Morgan fingerprint density at radius 3 is 2.87 bits per heavy atom. The van der Waals surface area contributed by atoms with Crippen LogP contribution in [0.3, 0.4) is 0 Å². The van der Waals surface area contributed by atoms with Gasteiger partial charge in [-0.2, -0.15) is 0 Å². The van der Waals surface area contributed by atoms with E-state index in [2.05, 4.69) is 22.1 Å². The average Bonchev–Trinajstić information content (AvgIpc) is 2.77. The number of rotatable bonds is 4. The number of fused-ring (bicyclic) bond motifs is 4. The predicted molar refractivity (Wildman–Crippen MR) is 116 cm³/mol. The second-order valence-corrected chi connectivity index (χ2v) is 7.09.